The van der Waals surface area contributed by atoms with Crippen molar-refractivity contribution < 1.29 is 4.79 Å². The van der Waals surface area contributed by atoms with E-state index in [0.29, 0.717) is 11.8 Å². The lowest BCUT2D eigenvalue weighted by Gasteiger charge is -2.15. The van der Waals surface area contributed by atoms with Gasteiger partial charge in [-0.3, -0.25) is 4.79 Å². The Bertz CT molecular complexity index is 386. The van der Waals surface area contributed by atoms with E-state index >= 15 is 0 Å². The Morgan fingerprint density at radius 3 is 2.88 bits per heavy atom. The van der Waals surface area contributed by atoms with E-state index in [2.05, 4.69) is 17.2 Å². The average molecular weight is 236 g/mol. The van der Waals surface area contributed by atoms with Crippen LogP contribution in [0.3, 0.4) is 0 Å². The quantitative estimate of drug-likeness (QED) is 0.872. The molecular formula is C12H16N2OS. The van der Waals surface area contributed by atoms with Crippen LogP contribution in [0.5, 0.6) is 0 Å². The maximum atomic E-state index is 11.9. The van der Waals surface area contributed by atoms with E-state index in [1.807, 2.05) is 11.6 Å². The first-order valence-corrected chi connectivity index (χ1v) is 6.83. The second-order valence-electron chi connectivity index (χ2n) is 5.01. The van der Waals surface area contributed by atoms with Crippen LogP contribution in [0.15, 0.2) is 11.6 Å². The van der Waals surface area contributed by atoms with Crippen molar-refractivity contribution >= 4 is 17.2 Å². The Hall–Kier alpha value is -0.900. The van der Waals surface area contributed by atoms with Crippen molar-refractivity contribution in [3.8, 4) is 0 Å². The molecule has 3 atom stereocenters. The molecule has 1 heterocycles. The first-order chi connectivity index (χ1) is 7.75. The lowest BCUT2D eigenvalue weighted by molar-refractivity contribution is -0.123. The lowest BCUT2D eigenvalue weighted by atomic mass is 10.2. The predicted octanol–water partition coefficient (Wildman–Crippen LogP) is 2.37. The minimum Gasteiger partial charge on any atom is -0.346 e. The number of thiazole rings is 1. The zero-order chi connectivity index (χ0) is 11.1. The molecule has 16 heavy (non-hydrogen) atoms. The van der Waals surface area contributed by atoms with E-state index in [1.165, 1.54) is 12.8 Å². The number of aromatic nitrogens is 1. The summed E-state index contributed by atoms with van der Waals surface area (Å²) < 4.78 is 0. The zero-order valence-electron chi connectivity index (χ0n) is 9.35. The van der Waals surface area contributed by atoms with Crippen molar-refractivity contribution in [2.75, 3.05) is 0 Å². The molecule has 2 aliphatic rings. The molecule has 0 saturated heterocycles. The number of nitrogens with zero attached hydrogens (tertiary/aromatic N) is 1. The summed E-state index contributed by atoms with van der Waals surface area (Å²) in [6.07, 6.45) is 5.33. The summed E-state index contributed by atoms with van der Waals surface area (Å²) >= 11 is 1.65. The van der Waals surface area contributed by atoms with Crippen LogP contribution < -0.4 is 5.32 Å². The van der Waals surface area contributed by atoms with Crippen LogP contribution in [0.1, 0.15) is 37.2 Å². The van der Waals surface area contributed by atoms with Crippen LogP contribution in [-0.4, -0.2) is 10.9 Å². The van der Waals surface area contributed by atoms with Crippen molar-refractivity contribution in [2.45, 2.75) is 32.2 Å². The summed E-state index contributed by atoms with van der Waals surface area (Å²) in [5.41, 5.74) is 0. The van der Waals surface area contributed by atoms with Crippen LogP contribution >= 0.6 is 11.3 Å². The van der Waals surface area contributed by atoms with Gasteiger partial charge < -0.3 is 5.32 Å². The summed E-state index contributed by atoms with van der Waals surface area (Å²) in [4.78, 5) is 16.3. The molecule has 0 unspecified atom stereocenters. The summed E-state index contributed by atoms with van der Waals surface area (Å²) in [6.45, 7) is 2.14. The Morgan fingerprint density at radius 2 is 2.38 bits per heavy atom. The average Bonchev–Trinajstić information content (AvgIpc) is 3.16. The monoisotopic (exact) mass is 236 g/mol. The van der Waals surface area contributed by atoms with Crippen molar-refractivity contribution in [1.82, 2.24) is 10.3 Å². The van der Waals surface area contributed by atoms with Gasteiger partial charge in [-0.15, -0.1) is 11.3 Å². The van der Waals surface area contributed by atoms with E-state index in [4.69, 9.17) is 0 Å². The number of amides is 1. The van der Waals surface area contributed by atoms with E-state index in [-0.39, 0.29) is 17.9 Å². The molecular weight excluding hydrogens is 220 g/mol. The largest absolute Gasteiger partial charge is 0.346 e. The van der Waals surface area contributed by atoms with E-state index in [0.717, 1.165) is 11.4 Å². The second-order valence-corrected chi connectivity index (χ2v) is 5.94. The Labute approximate surface area is 99.3 Å². The van der Waals surface area contributed by atoms with Crippen molar-refractivity contribution in [3.05, 3.63) is 16.6 Å². The van der Waals surface area contributed by atoms with Crippen molar-refractivity contribution in [1.29, 1.82) is 0 Å². The van der Waals surface area contributed by atoms with Crippen LogP contribution in [-0.2, 0) is 4.79 Å². The third-order valence-corrected chi connectivity index (χ3v) is 4.41. The molecule has 1 aromatic rings. The highest BCUT2D eigenvalue weighted by Gasteiger charge is 2.42. The van der Waals surface area contributed by atoms with Crippen LogP contribution in [0.4, 0.5) is 0 Å². The number of rotatable bonds is 4. The summed E-state index contributed by atoms with van der Waals surface area (Å²) in [5, 5.41) is 6.24. The molecule has 0 bridgehead atoms. The van der Waals surface area contributed by atoms with Crippen molar-refractivity contribution in [2.24, 2.45) is 17.8 Å². The van der Waals surface area contributed by atoms with Gasteiger partial charge in [-0.2, -0.15) is 0 Å². The molecule has 1 amide bonds. The standard InChI is InChI=1S/C12H16N2OS/c1-7-6-9(7)11(15)14-10(8-2-3-8)12-13-4-5-16-12/h4-5,7-10H,2-3,6H2,1H3,(H,14,15)/t7-,9-,10+/m1/s1. The van der Waals surface area contributed by atoms with Gasteiger partial charge in [-0.1, -0.05) is 6.92 Å². The van der Waals surface area contributed by atoms with Gasteiger partial charge in [0.05, 0.1) is 6.04 Å². The van der Waals surface area contributed by atoms with Gasteiger partial charge in [0.1, 0.15) is 5.01 Å². The third-order valence-electron chi connectivity index (χ3n) is 3.55. The first-order valence-electron chi connectivity index (χ1n) is 5.95. The maximum absolute atomic E-state index is 11.9. The molecule has 86 valence electrons. The summed E-state index contributed by atoms with van der Waals surface area (Å²) in [7, 11) is 0. The molecule has 0 spiro atoms. The van der Waals surface area contributed by atoms with Gasteiger partial charge in [0.25, 0.3) is 0 Å². The number of carbonyl (C=O) groups is 1. The Kier molecular flexibility index (Phi) is 2.46. The predicted molar refractivity (Wildman–Crippen MR) is 63.0 cm³/mol. The molecule has 0 aromatic carbocycles. The van der Waals surface area contributed by atoms with Gasteiger partial charge in [-0.25, -0.2) is 4.98 Å². The highest BCUT2D eigenvalue weighted by atomic mass is 32.1. The smallest absolute Gasteiger partial charge is 0.223 e. The Balaban J connectivity index is 1.67. The Morgan fingerprint density at radius 1 is 1.62 bits per heavy atom. The van der Waals surface area contributed by atoms with Crippen LogP contribution in [0.25, 0.3) is 0 Å². The number of hydrogen-bond donors (Lipinski definition) is 1. The van der Waals surface area contributed by atoms with Crippen LogP contribution in [0, 0.1) is 17.8 Å². The van der Waals surface area contributed by atoms with E-state index in [1.54, 1.807) is 11.3 Å². The van der Waals surface area contributed by atoms with Gasteiger partial charge in [0.2, 0.25) is 5.91 Å². The second kappa shape index (κ2) is 3.84. The van der Waals surface area contributed by atoms with Crippen molar-refractivity contribution in [3.63, 3.8) is 0 Å². The minimum absolute atomic E-state index is 0.181. The van der Waals surface area contributed by atoms with E-state index in [9.17, 15) is 4.79 Å². The molecule has 4 heteroatoms. The van der Waals surface area contributed by atoms with E-state index < -0.39 is 0 Å². The number of nitrogens with one attached hydrogen (secondary N) is 1. The number of hydrogen-bond acceptors (Lipinski definition) is 3. The molecule has 1 aromatic heterocycles. The highest BCUT2D eigenvalue weighted by molar-refractivity contribution is 7.09. The number of carbonyl (C=O) groups excluding carboxylic acids is 1. The van der Waals surface area contributed by atoms with Gasteiger partial charge in [-0.05, 0) is 31.1 Å². The minimum atomic E-state index is 0.181. The fourth-order valence-corrected chi connectivity index (χ4v) is 2.93. The fraction of sp³-hybridized carbons (Fsp3) is 0.667. The van der Waals surface area contributed by atoms with Gasteiger partial charge >= 0.3 is 0 Å². The lowest BCUT2D eigenvalue weighted by Crippen LogP contribution is -2.31. The molecule has 2 fully saturated rings. The highest BCUT2D eigenvalue weighted by Crippen LogP contribution is 2.43. The fourth-order valence-electron chi connectivity index (χ4n) is 2.15. The van der Waals surface area contributed by atoms with Gasteiger partial charge in [0, 0.05) is 17.5 Å². The summed E-state index contributed by atoms with van der Waals surface area (Å²) in [6, 6.07) is 0.181. The molecule has 0 radical (unpaired) electrons. The molecule has 0 aliphatic heterocycles. The van der Waals surface area contributed by atoms with Gasteiger partial charge in [0.15, 0.2) is 0 Å². The molecule has 3 nitrogen and oxygen atoms in total. The van der Waals surface area contributed by atoms with Crippen LogP contribution in [0.2, 0.25) is 0 Å². The zero-order valence-corrected chi connectivity index (χ0v) is 10.2. The maximum Gasteiger partial charge on any atom is 0.223 e. The molecule has 2 saturated carbocycles. The first kappa shape index (κ1) is 10.3. The molecule has 2 aliphatic carbocycles. The normalized spacial score (nSPS) is 29.8. The topological polar surface area (TPSA) is 42.0 Å². The third kappa shape index (κ3) is 1.98. The summed E-state index contributed by atoms with van der Waals surface area (Å²) in [5.74, 6) is 1.71. The SMILES string of the molecule is C[C@@H]1C[C@H]1C(=O)N[C@H](c1nccs1)C1CC1. The molecule has 3 rings (SSSR count). The molecule has 1 N–H and O–H groups in total.